The van der Waals surface area contributed by atoms with Gasteiger partial charge in [0.05, 0.1) is 16.0 Å². The smallest absolute Gasteiger partial charge is 0.307 e. The van der Waals surface area contributed by atoms with E-state index in [9.17, 15) is 14.9 Å². The standard InChI is InChI=1S/C20H15ClN4O3S/c21-15-7-9-17(10-8-15)29-19-11-6-14(12-18(19)25(27)28)13-22-24-20(26)23-16-4-2-1-3-5-16/h1-13H,(H2,23,24,26)/b22-13+. The van der Waals surface area contributed by atoms with Crippen LogP contribution in [0, 0.1) is 10.1 Å². The Morgan fingerprint density at radius 3 is 2.48 bits per heavy atom. The molecule has 3 aromatic carbocycles. The first-order chi connectivity index (χ1) is 14.0. The van der Waals surface area contributed by atoms with Gasteiger partial charge in [0.1, 0.15) is 0 Å². The summed E-state index contributed by atoms with van der Waals surface area (Å²) in [7, 11) is 0. The number of urea groups is 1. The highest BCUT2D eigenvalue weighted by Crippen LogP contribution is 2.35. The predicted octanol–water partition coefficient (Wildman–Crippen LogP) is 5.56. The molecule has 0 bridgehead atoms. The van der Waals surface area contributed by atoms with Crippen LogP contribution in [0.5, 0.6) is 0 Å². The van der Waals surface area contributed by atoms with Gasteiger partial charge in [0, 0.05) is 27.2 Å². The van der Waals surface area contributed by atoms with Gasteiger partial charge >= 0.3 is 6.03 Å². The molecule has 0 atom stereocenters. The number of rotatable bonds is 6. The van der Waals surface area contributed by atoms with Crippen LogP contribution in [0.4, 0.5) is 16.2 Å². The molecule has 0 unspecified atom stereocenters. The molecule has 3 aromatic rings. The molecule has 2 amide bonds. The molecule has 2 N–H and O–H groups in total. The van der Waals surface area contributed by atoms with Gasteiger partial charge in [0.2, 0.25) is 0 Å². The second-order valence-electron chi connectivity index (χ2n) is 5.73. The van der Waals surface area contributed by atoms with Gasteiger partial charge in [-0.05, 0) is 42.5 Å². The molecule has 3 rings (SSSR count). The Morgan fingerprint density at radius 1 is 1.07 bits per heavy atom. The number of halogens is 1. The van der Waals surface area contributed by atoms with Gasteiger partial charge < -0.3 is 5.32 Å². The van der Waals surface area contributed by atoms with Gasteiger partial charge in [-0.3, -0.25) is 10.1 Å². The fourth-order valence-electron chi connectivity index (χ4n) is 2.32. The number of hydrogen-bond acceptors (Lipinski definition) is 5. The molecule has 0 aliphatic carbocycles. The maximum atomic E-state index is 11.8. The number of hydrogen-bond donors (Lipinski definition) is 2. The third-order valence-electron chi connectivity index (χ3n) is 3.63. The third kappa shape index (κ3) is 6.06. The van der Waals surface area contributed by atoms with E-state index in [2.05, 4.69) is 15.8 Å². The quantitative estimate of drug-likeness (QED) is 0.306. The molecule has 0 aliphatic rings. The number of anilines is 1. The summed E-state index contributed by atoms with van der Waals surface area (Å²) in [5.74, 6) is 0. The highest BCUT2D eigenvalue weighted by Gasteiger charge is 2.15. The molecule has 0 heterocycles. The van der Waals surface area contributed by atoms with Crippen LogP contribution in [0.1, 0.15) is 5.56 Å². The summed E-state index contributed by atoms with van der Waals surface area (Å²) in [4.78, 5) is 24.1. The van der Waals surface area contributed by atoms with Crippen LogP contribution in [-0.4, -0.2) is 17.2 Å². The number of para-hydroxylation sites is 1. The molecule has 9 heteroatoms. The lowest BCUT2D eigenvalue weighted by molar-refractivity contribution is -0.387. The van der Waals surface area contributed by atoms with Crippen molar-refractivity contribution in [1.82, 2.24) is 5.43 Å². The minimum absolute atomic E-state index is 0.0531. The van der Waals surface area contributed by atoms with Crippen molar-refractivity contribution in [2.24, 2.45) is 5.10 Å². The van der Waals surface area contributed by atoms with Crippen LogP contribution in [0.2, 0.25) is 5.02 Å². The normalized spacial score (nSPS) is 10.7. The van der Waals surface area contributed by atoms with Gasteiger partial charge in [0.25, 0.3) is 5.69 Å². The van der Waals surface area contributed by atoms with Crippen molar-refractivity contribution in [2.75, 3.05) is 5.32 Å². The summed E-state index contributed by atoms with van der Waals surface area (Å²) in [6.45, 7) is 0. The van der Waals surface area contributed by atoms with Gasteiger partial charge in [0.15, 0.2) is 0 Å². The van der Waals surface area contributed by atoms with Crippen molar-refractivity contribution in [2.45, 2.75) is 9.79 Å². The zero-order valence-corrected chi connectivity index (χ0v) is 16.5. The van der Waals surface area contributed by atoms with E-state index in [1.54, 1.807) is 60.7 Å². The second kappa shape index (κ2) is 9.72. The summed E-state index contributed by atoms with van der Waals surface area (Å²) in [6, 6.07) is 20.2. The topological polar surface area (TPSA) is 96.6 Å². The average Bonchev–Trinajstić information content (AvgIpc) is 2.71. The maximum Gasteiger partial charge on any atom is 0.339 e. The van der Waals surface area contributed by atoms with Crippen LogP contribution >= 0.6 is 23.4 Å². The van der Waals surface area contributed by atoms with Crippen LogP contribution in [0.25, 0.3) is 0 Å². The minimum atomic E-state index is -0.517. The molecule has 0 aliphatic heterocycles. The van der Waals surface area contributed by atoms with Gasteiger partial charge in [-0.25, -0.2) is 10.2 Å². The molecule has 0 saturated carbocycles. The monoisotopic (exact) mass is 426 g/mol. The molecular weight excluding hydrogens is 412 g/mol. The van der Waals surface area contributed by atoms with E-state index < -0.39 is 11.0 Å². The number of benzene rings is 3. The van der Waals surface area contributed by atoms with E-state index >= 15 is 0 Å². The summed E-state index contributed by atoms with van der Waals surface area (Å²) in [5, 5.41) is 18.5. The molecule has 146 valence electrons. The number of nitrogens with zero attached hydrogens (tertiary/aromatic N) is 2. The largest absolute Gasteiger partial charge is 0.339 e. The third-order valence-corrected chi connectivity index (χ3v) is 4.96. The molecule has 7 nitrogen and oxygen atoms in total. The zero-order chi connectivity index (χ0) is 20.6. The molecule has 0 spiro atoms. The zero-order valence-electron chi connectivity index (χ0n) is 14.9. The lowest BCUT2D eigenvalue weighted by Crippen LogP contribution is -2.24. The van der Waals surface area contributed by atoms with Crippen LogP contribution < -0.4 is 10.7 Å². The van der Waals surface area contributed by atoms with E-state index in [1.807, 2.05) is 6.07 Å². The first-order valence-corrected chi connectivity index (χ1v) is 9.58. The van der Waals surface area contributed by atoms with Crippen molar-refractivity contribution in [3.05, 3.63) is 93.5 Å². The van der Waals surface area contributed by atoms with E-state index in [0.717, 1.165) is 4.90 Å². The molecule has 29 heavy (non-hydrogen) atoms. The fourth-order valence-corrected chi connectivity index (χ4v) is 3.35. The Balaban J connectivity index is 1.67. The highest BCUT2D eigenvalue weighted by atomic mass is 35.5. The van der Waals surface area contributed by atoms with Crippen molar-refractivity contribution in [1.29, 1.82) is 0 Å². The van der Waals surface area contributed by atoms with Crippen molar-refractivity contribution in [3.63, 3.8) is 0 Å². The summed E-state index contributed by atoms with van der Waals surface area (Å²) >= 11 is 7.13. The minimum Gasteiger partial charge on any atom is -0.307 e. The Labute approximate surface area is 175 Å². The molecule has 0 saturated heterocycles. The molecule has 0 aromatic heterocycles. The number of hydrazone groups is 1. The van der Waals surface area contributed by atoms with Crippen molar-refractivity contribution >= 4 is 47.0 Å². The predicted molar refractivity (Wildman–Crippen MR) is 115 cm³/mol. The molecular formula is C20H15ClN4O3S. The molecule has 0 radical (unpaired) electrons. The number of nitrogens with one attached hydrogen (secondary N) is 2. The Kier molecular flexibility index (Phi) is 6.83. The number of nitro groups is 1. The fraction of sp³-hybridized carbons (Fsp3) is 0. The summed E-state index contributed by atoms with van der Waals surface area (Å²) < 4.78 is 0. The first-order valence-electron chi connectivity index (χ1n) is 8.38. The van der Waals surface area contributed by atoms with E-state index in [-0.39, 0.29) is 5.69 Å². The van der Waals surface area contributed by atoms with Crippen LogP contribution in [0.3, 0.4) is 0 Å². The van der Waals surface area contributed by atoms with Crippen molar-refractivity contribution in [3.8, 4) is 0 Å². The lowest BCUT2D eigenvalue weighted by Gasteiger charge is -2.05. The van der Waals surface area contributed by atoms with Gasteiger partial charge in [-0.15, -0.1) is 0 Å². The molecule has 0 fully saturated rings. The van der Waals surface area contributed by atoms with Gasteiger partial charge in [-0.1, -0.05) is 47.6 Å². The summed E-state index contributed by atoms with van der Waals surface area (Å²) in [6.07, 6.45) is 1.34. The number of nitro benzene ring substituents is 1. The average molecular weight is 427 g/mol. The summed E-state index contributed by atoms with van der Waals surface area (Å²) in [5.41, 5.74) is 3.37. The Bertz CT molecular complexity index is 1040. The van der Waals surface area contributed by atoms with Crippen LogP contribution in [0.15, 0.2) is 87.7 Å². The number of amides is 2. The number of carbonyl (C=O) groups excluding carboxylic acids is 1. The second-order valence-corrected chi connectivity index (χ2v) is 7.28. The van der Waals surface area contributed by atoms with Gasteiger partial charge in [-0.2, -0.15) is 5.10 Å². The SMILES string of the molecule is O=C(N/N=C/c1ccc(Sc2ccc(Cl)cc2)c([N+](=O)[O-])c1)Nc1ccccc1. The van der Waals surface area contributed by atoms with Crippen molar-refractivity contribution < 1.29 is 9.72 Å². The van der Waals surface area contributed by atoms with E-state index in [1.165, 1.54) is 24.0 Å². The number of carbonyl (C=O) groups is 1. The van der Waals surface area contributed by atoms with E-state index in [4.69, 9.17) is 11.6 Å². The Hall–Kier alpha value is -3.36. The maximum absolute atomic E-state index is 11.8. The lowest BCUT2D eigenvalue weighted by atomic mass is 10.2. The van der Waals surface area contributed by atoms with Crippen LogP contribution in [-0.2, 0) is 0 Å². The van der Waals surface area contributed by atoms with E-state index in [0.29, 0.717) is 21.2 Å². The first kappa shape index (κ1) is 20.4. The Morgan fingerprint density at radius 2 is 1.79 bits per heavy atom. The highest BCUT2D eigenvalue weighted by molar-refractivity contribution is 7.99.